The number of benzene rings is 1. The zero-order valence-corrected chi connectivity index (χ0v) is 36.4. The van der Waals surface area contributed by atoms with Crippen molar-refractivity contribution in [2.45, 2.75) is 142 Å². The van der Waals surface area contributed by atoms with E-state index in [1.165, 1.54) is 38.4 Å². The number of unbranched alkanes of at least 4 members (excludes halogenated alkanes) is 8. The summed E-state index contributed by atoms with van der Waals surface area (Å²) in [6.07, 6.45) is 9.52. The van der Waals surface area contributed by atoms with Crippen LogP contribution in [-0.4, -0.2) is 102 Å². The van der Waals surface area contributed by atoms with Gasteiger partial charge in [0, 0.05) is 40.3 Å². The minimum atomic E-state index is -3.11. The maximum Gasteiger partial charge on any atom is 0.337 e. The van der Waals surface area contributed by atoms with E-state index in [0.717, 1.165) is 51.0 Å². The lowest BCUT2D eigenvalue weighted by Gasteiger charge is -2.30. The lowest BCUT2D eigenvalue weighted by molar-refractivity contribution is -0.193. The summed E-state index contributed by atoms with van der Waals surface area (Å²) in [7, 11) is 2.93. The number of hydrogen-bond acceptors (Lipinski definition) is 12. The number of carbonyl (C=O) groups excluding carboxylic acids is 6. The highest BCUT2D eigenvalue weighted by molar-refractivity contribution is 5.95. The summed E-state index contributed by atoms with van der Waals surface area (Å²) in [6, 6.07) is 5.02. The molecule has 1 aromatic rings. The highest BCUT2D eigenvalue weighted by atomic mass is 16.7. The summed E-state index contributed by atoms with van der Waals surface area (Å²) in [5.74, 6) is -2.90. The molecule has 4 atom stereocenters. The first kappa shape index (κ1) is 52.8. The number of likely N-dealkylation sites (N-methyl/N-ethyl adjacent to an activating group) is 1. The third-order valence-electron chi connectivity index (χ3n) is 9.38. The molecule has 0 aliphatic rings. The fraction of sp³-hybridized carbons (Fsp3) is 0.622. The Hall–Kier alpha value is -5.23. The number of nitrogens with zero attached hydrogens (tertiary/aromatic N) is 1. The van der Waals surface area contributed by atoms with Gasteiger partial charge in [-0.25, -0.2) is 9.59 Å². The molecule has 3 N–H and O–H groups in total. The number of rotatable bonds is 30. The van der Waals surface area contributed by atoms with Crippen LogP contribution in [0.2, 0.25) is 0 Å². The van der Waals surface area contributed by atoms with Crippen LogP contribution in [0.1, 0.15) is 124 Å². The van der Waals surface area contributed by atoms with E-state index in [0.29, 0.717) is 37.0 Å². The van der Waals surface area contributed by atoms with Crippen molar-refractivity contribution < 1.29 is 62.7 Å². The fourth-order valence-corrected chi connectivity index (χ4v) is 5.74. The molecule has 1 aromatic carbocycles. The van der Waals surface area contributed by atoms with Crippen LogP contribution in [0.4, 0.5) is 0 Å². The monoisotopic (exact) mass is 842 g/mol. The Morgan fingerprint density at radius 1 is 0.867 bits per heavy atom. The maximum atomic E-state index is 14.1. The standard InChI is InChI=1S/C45H66N2O13/c1-8-10-12-15-18-21-35(48)22-19-16-13-14-17-20-23-37(45(56,44(54)55)30-40(50)59-33(5)60-42(52)32(3)4)41(51)46-38(43(53)58-31-39(49)47(6)7)29-34-24-26-36(27-25-34)57-28-11-9-2/h20,23-27,32-33,37-38,56H,8,10,12-19,21-22,28-31H2,1-7H3,(H,46,51)(H,54,55)/t33?,37-,38+,45+/m1/s1. The molecule has 0 fully saturated rings. The predicted octanol–water partition coefficient (Wildman–Crippen LogP) is 5.48. The van der Waals surface area contributed by atoms with Crippen molar-refractivity contribution in [2.24, 2.45) is 11.8 Å². The van der Waals surface area contributed by atoms with Crippen molar-refractivity contribution >= 4 is 41.5 Å². The Morgan fingerprint density at radius 3 is 2.05 bits per heavy atom. The van der Waals surface area contributed by atoms with Crippen LogP contribution >= 0.6 is 0 Å². The number of carboxylic acid groups (broad SMARTS) is 1. The van der Waals surface area contributed by atoms with Crippen molar-refractivity contribution in [1.82, 2.24) is 10.2 Å². The first-order valence-electron chi connectivity index (χ1n) is 20.8. The number of amides is 2. The summed E-state index contributed by atoms with van der Waals surface area (Å²) in [5.41, 5.74) is -2.58. The van der Waals surface area contributed by atoms with Crippen molar-refractivity contribution in [3.05, 3.63) is 42.0 Å². The van der Waals surface area contributed by atoms with Crippen LogP contribution in [0, 0.1) is 23.7 Å². The number of hydrogen-bond donors (Lipinski definition) is 3. The summed E-state index contributed by atoms with van der Waals surface area (Å²) < 4.78 is 20.9. The van der Waals surface area contributed by atoms with E-state index >= 15 is 0 Å². The van der Waals surface area contributed by atoms with Gasteiger partial charge < -0.3 is 39.4 Å². The van der Waals surface area contributed by atoms with Gasteiger partial charge in [-0.2, -0.15) is 0 Å². The Kier molecular flexibility index (Phi) is 25.6. The van der Waals surface area contributed by atoms with Gasteiger partial charge in [0.15, 0.2) is 12.2 Å². The summed E-state index contributed by atoms with van der Waals surface area (Å²) in [6.45, 7) is 7.68. The number of Topliss-reactive ketones (excluding diaryl/α,β-unsaturated/α-hetero) is 1. The van der Waals surface area contributed by atoms with Crippen LogP contribution < -0.4 is 10.1 Å². The third-order valence-corrected chi connectivity index (χ3v) is 9.38. The van der Waals surface area contributed by atoms with E-state index in [4.69, 9.17) is 18.9 Å². The fourth-order valence-electron chi connectivity index (χ4n) is 5.74. The number of ketones is 1. The van der Waals surface area contributed by atoms with Crippen molar-refractivity contribution in [3.63, 3.8) is 0 Å². The number of esters is 3. The molecule has 60 heavy (non-hydrogen) atoms. The Morgan fingerprint density at radius 2 is 1.48 bits per heavy atom. The number of carbonyl (C=O) groups is 7. The Bertz CT molecular complexity index is 1630. The van der Waals surface area contributed by atoms with Crippen LogP contribution in [0.25, 0.3) is 0 Å². The average Bonchev–Trinajstić information content (AvgIpc) is 3.19. The van der Waals surface area contributed by atoms with Gasteiger partial charge in [0.25, 0.3) is 5.91 Å². The SMILES string of the molecule is CC#CCOc1ccc(C[C@H](NC(=O)[C@@H](C=CCCCCCCC(=O)CCCCCCC)[C@@](O)(CC(=O)OC(C)OC(=O)C(C)C)C(=O)O)C(=O)OCC(=O)N(C)C)cc1. The third kappa shape index (κ3) is 21.2. The number of carboxylic acids is 1. The lowest BCUT2D eigenvalue weighted by atomic mass is 9.82. The van der Waals surface area contributed by atoms with Gasteiger partial charge in [-0.1, -0.05) is 89.5 Å². The normalized spacial score (nSPS) is 13.5. The highest BCUT2D eigenvalue weighted by Crippen LogP contribution is 2.27. The van der Waals surface area contributed by atoms with Gasteiger partial charge in [-0.15, -0.1) is 5.92 Å². The molecule has 0 radical (unpaired) electrons. The molecule has 15 nitrogen and oxygen atoms in total. The predicted molar refractivity (Wildman–Crippen MR) is 223 cm³/mol. The first-order valence-corrected chi connectivity index (χ1v) is 20.8. The Labute approximate surface area is 354 Å². The molecule has 1 rings (SSSR count). The van der Waals surface area contributed by atoms with Crippen LogP contribution in [0.3, 0.4) is 0 Å². The summed E-state index contributed by atoms with van der Waals surface area (Å²) in [5, 5.41) is 24.5. The van der Waals surface area contributed by atoms with E-state index in [1.807, 2.05) is 0 Å². The van der Waals surface area contributed by atoms with Crippen molar-refractivity contribution in [3.8, 4) is 17.6 Å². The molecule has 0 aliphatic carbocycles. The number of aliphatic carboxylic acids is 1. The second kappa shape index (κ2) is 29.1. The van der Waals surface area contributed by atoms with Gasteiger partial charge >= 0.3 is 23.9 Å². The average molecular weight is 843 g/mol. The van der Waals surface area contributed by atoms with Crippen LogP contribution in [-0.2, 0) is 54.2 Å². The quantitative estimate of drug-likeness (QED) is 0.0288. The maximum absolute atomic E-state index is 14.1. The van der Waals surface area contributed by atoms with Gasteiger partial charge in [0.05, 0.1) is 18.3 Å². The van der Waals surface area contributed by atoms with E-state index in [2.05, 4.69) is 24.1 Å². The molecule has 2 amide bonds. The largest absolute Gasteiger partial charge is 0.481 e. The minimum Gasteiger partial charge on any atom is -0.481 e. The molecule has 0 aliphatic heterocycles. The molecular weight excluding hydrogens is 776 g/mol. The molecule has 0 saturated carbocycles. The molecule has 0 heterocycles. The molecule has 0 spiro atoms. The molecule has 15 heteroatoms. The minimum absolute atomic E-state index is 0.151. The zero-order chi connectivity index (χ0) is 45.1. The van der Waals surface area contributed by atoms with E-state index in [9.17, 15) is 43.8 Å². The lowest BCUT2D eigenvalue weighted by Crippen LogP contribution is -2.56. The molecular formula is C45H66N2O13. The van der Waals surface area contributed by atoms with Crippen molar-refractivity contribution in [1.29, 1.82) is 0 Å². The van der Waals surface area contributed by atoms with E-state index in [1.54, 1.807) is 45.0 Å². The highest BCUT2D eigenvalue weighted by Gasteiger charge is 2.50. The zero-order valence-electron chi connectivity index (χ0n) is 36.4. The molecule has 334 valence electrons. The number of aliphatic hydroxyl groups is 1. The van der Waals surface area contributed by atoms with Gasteiger partial charge in [0.2, 0.25) is 12.2 Å². The summed E-state index contributed by atoms with van der Waals surface area (Å²) in [4.78, 5) is 91.1. The van der Waals surface area contributed by atoms with Gasteiger partial charge in [-0.05, 0) is 50.3 Å². The summed E-state index contributed by atoms with van der Waals surface area (Å²) >= 11 is 0. The van der Waals surface area contributed by atoms with Gasteiger partial charge in [-0.3, -0.25) is 24.0 Å². The molecule has 1 unspecified atom stereocenters. The van der Waals surface area contributed by atoms with Crippen molar-refractivity contribution in [2.75, 3.05) is 27.3 Å². The van der Waals surface area contributed by atoms with Gasteiger partial charge in [0.1, 0.15) is 24.2 Å². The van der Waals surface area contributed by atoms with E-state index in [-0.39, 0.29) is 18.8 Å². The second-order valence-corrected chi connectivity index (χ2v) is 15.1. The van der Waals surface area contributed by atoms with Crippen LogP contribution in [0.5, 0.6) is 5.75 Å². The van der Waals surface area contributed by atoms with Crippen LogP contribution in [0.15, 0.2) is 36.4 Å². The number of ether oxygens (including phenoxy) is 4. The topological polar surface area (TPSA) is 212 Å². The first-order chi connectivity index (χ1) is 28.4. The Balaban J connectivity index is 3.31. The van der Waals surface area contributed by atoms with E-state index < -0.39 is 78.5 Å². The smallest absolute Gasteiger partial charge is 0.337 e. The second-order valence-electron chi connectivity index (χ2n) is 15.1. The molecule has 0 saturated heterocycles. The number of nitrogens with one attached hydrogen (secondary N) is 1. The molecule has 0 bridgehead atoms. The molecule has 0 aromatic heterocycles. The number of allylic oxidation sites excluding steroid dienone is 1.